The van der Waals surface area contributed by atoms with Gasteiger partial charge in [0.15, 0.2) is 11.2 Å². The summed E-state index contributed by atoms with van der Waals surface area (Å²) in [6.45, 7) is 1.65. The van der Waals surface area contributed by atoms with Crippen molar-refractivity contribution in [3.63, 3.8) is 0 Å². The highest BCUT2D eigenvalue weighted by Gasteiger charge is 2.20. The molecule has 0 radical (unpaired) electrons. The van der Waals surface area contributed by atoms with Crippen molar-refractivity contribution >= 4 is 16.9 Å². The molecule has 28 heavy (non-hydrogen) atoms. The van der Waals surface area contributed by atoms with Crippen LogP contribution in [0.1, 0.15) is 29.4 Å². The largest absolute Gasteiger partial charge is 0.451 e. The Kier molecular flexibility index (Phi) is 4.44. The molecule has 0 aliphatic carbocycles. The summed E-state index contributed by atoms with van der Waals surface area (Å²) in [5, 5.41) is 6.89. The number of halogens is 1. The molecule has 8 heteroatoms. The summed E-state index contributed by atoms with van der Waals surface area (Å²) in [5.74, 6) is -0.639. The van der Waals surface area contributed by atoms with E-state index in [0.29, 0.717) is 16.5 Å². The maximum Gasteiger partial charge on any atom is 0.287 e. The number of aromatic nitrogens is 2. The highest BCUT2D eigenvalue weighted by Crippen LogP contribution is 2.19. The molecule has 1 amide bonds. The van der Waals surface area contributed by atoms with Crippen molar-refractivity contribution in [2.24, 2.45) is 0 Å². The minimum atomic E-state index is -0.633. The molecule has 0 saturated carbocycles. The molecule has 2 heterocycles. The number of rotatable bonds is 4. The van der Waals surface area contributed by atoms with Gasteiger partial charge in [0.25, 0.3) is 5.91 Å². The SMILES string of the molecule is CC(NC(=O)c1cc(=O)c2ccccc2o1)c1nc(-c2ccc(F)cc2)no1. The summed E-state index contributed by atoms with van der Waals surface area (Å²) in [4.78, 5) is 28.8. The lowest BCUT2D eigenvalue weighted by molar-refractivity contribution is 0.0905. The first kappa shape index (κ1) is 17.6. The smallest absolute Gasteiger partial charge is 0.287 e. The summed E-state index contributed by atoms with van der Waals surface area (Å²) in [6, 6.07) is 12.8. The third-order valence-electron chi connectivity index (χ3n) is 4.12. The molecule has 140 valence electrons. The Morgan fingerprint density at radius 3 is 2.68 bits per heavy atom. The van der Waals surface area contributed by atoms with Crippen LogP contribution in [0.4, 0.5) is 4.39 Å². The fourth-order valence-corrected chi connectivity index (χ4v) is 2.67. The van der Waals surface area contributed by atoms with Crippen LogP contribution in [-0.4, -0.2) is 16.0 Å². The van der Waals surface area contributed by atoms with E-state index in [1.165, 1.54) is 24.3 Å². The van der Waals surface area contributed by atoms with E-state index in [4.69, 9.17) is 8.94 Å². The lowest BCUT2D eigenvalue weighted by atomic mass is 10.2. The van der Waals surface area contributed by atoms with Crippen molar-refractivity contribution in [3.8, 4) is 11.4 Å². The number of nitrogens with zero attached hydrogens (tertiary/aromatic N) is 2. The molecule has 4 aromatic rings. The van der Waals surface area contributed by atoms with Crippen LogP contribution in [0.2, 0.25) is 0 Å². The van der Waals surface area contributed by atoms with Crippen molar-refractivity contribution in [1.29, 1.82) is 0 Å². The molecule has 1 unspecified atom stereocenters. The van der Waals surface area contributed by atoms with E-state index in [1.54, 1.807) is 31.2 Å². The molecule has 0 saturated heterocycles. The van der Waals surface area contributed by atoms with Gasteiger partial charge in [-0.2, -0.15) is 4.98 Å². The van der Waals surface area contributed by atoms with Crippen molar-refractivity contribution < 1.29 is 18.1 Å². The van der Waals surface area contributed by atoms with Gasteiger partial charge >= 0.3 is 0 Å². The molecule has 0 aliphatic rings. The number of para-hydroxylation sites is 1. The summed E-state index contributed by atoms with van der Waals surface area (Å²) >= 11 is 0. The highest BCUT2D eigenvalue weighted by molar-refractivity contribution is 5.93. The van der Waals surface area contributed by atoms with Gasteiger partial charge in [0.2, 0.25) is 11.7 Å². The van der Waals surface area contributed by atoms with Gasteiger partial charge in [-0.25, -0.2) is 4.39 Å². The van der Waals surface area contributed by atoms with Crippen LogP contribution < -0.4 is 10.7 Å². The number of hydrogen-bond donors (Lipinski definition) is 1. The second kappa shape index (κ2) is 7.07. The van der Waals surface area contributed by atoms with Crippen molar-refractivity contribution in [3.05, 3.63) is 82.3 Å². The average Bonchev–Trinajstić information content (AvgIpc) is 3.19. The molecular weight excluding hydrogens is 365 g/mol. The Morgan fingerprint density at radius 2 is 1.89 bits per heavy atom. The van der Waals surface area contributed by atoms with E-state index in [-0.39, 0.29) is 28.7 Å². The van der Waals surface area contributed by atoms with E-state index in [1.807, 2.05) is 0 Å². The zero-order valence-corrected chi connectivity index (χ0v) is 14.7. The fourth-order valence-electron chi connectivity index (χ4n) is 2.67. The Balaban J connectivity index is 1.54. The Labute approximate surface area is 157 Å². The predicted octanol–water partition coefficient (Wildman–Crippen LogP) is 3.47. The minimum absolute atomic E-state index is 0.117. The molecule has 2 aromatic carbocycles. The molecule has 0 bridgehead atoms. The summed E-state index contributed by atoms with van der Waals surface area (Å²) in [6.07, 6.45) is 0. The molecule has 7 nitrogen and oxygen atoms in total. The Hall–Kier alpha value is -3.81. The molecule has 0 spiro atoms. The van der Waals surface area contributed by atoms with Gasteiger partial charge < -0.3 is 14.3 Å². The van der Waals surface area contributed by atoms with Crippen molar-refractivity contribution in [2.75, 3.05) is 0 Å². The normalized spacial score (nSPS) is 12.1. The number of benzene rings is 2. The molecule has 2 aromatic heterocycles. The summed E-state index contributed by atoms with van der Waals surface area (Å²) in [7, 11) is 0. The van der Waals surface area contributed by atoms with Crippen LogP contribution in [0, 0.1) is 5.82 Å². The second-order valence-electron chi connectivity index (χ2n) is 6.13. The topological polar surface area (TPSA) is 98.2 Å². The second-order valence-corrected chi connectivity index (χ2v) is 6.13. The standard InChI is InChI=1S/C20H14FN3O4/c1-11(20-23-18(24-28-20)12-6-8-13(21)9-7-12)22-19(26)17-10-15(25)14-4-2-3-5-16(14)27-17/h2-11H,1H3,(H,22,26). The van der Waals surface area contributed by atoms with Gasteiger partial charge in [-0.15, -0.1) is 0 Å². The van der Waals surface area contributed by atoms with Gasteiger partial charge in [0.05, 0.1) is 5.39 Å². The van der Waals surface area contributed by atoms with Crippen LogP contribution in [0.3, 0.4) is 0 Å². The Bertz CT molecular complexity index is 1210. The van der Waals surface area contributed by atoms with E-state index >= 15 is 0 Å². The third kappa shape index (κ3) is 3.39. The van der Waals surface area contributed by atoms with E-state index in [9.17, 15) is 14.0 Å². The first-order valence-electron chi connectivity index (χ1n) is 8.44. The fraction of sp³-hybridized carbons (Fsp3) is 0.100. The monoisotopic (exact) mass is 379 g/mol. The lowest BCUT2D eigenvalue weighted by Crippen LogP contribution is -2.27. The zero-order valence-electron chi connectivity index (χ0n) is 14.7. The van der Waals surface area contributed by atoms with Crippen LogP contribution >= 0.6 is 0 Å². The number of nitrogens with one attached hydrogen (secondary N) is 1. The van der Waals surface area contributed by atoms with E-state index in [2.05, 4.69) is 15.5 Å². The molecule has 0 aliphatic heterocycles. The molecule has 4 rings (SSSR count). The maximum atomic E-state index is 13.0. The van der Waals surface area contributed by atoms with Gasteiger partial charge in [0, 0.05) is 11.6 Å². The molecule has 0 fully saturated rings. The average molecular weight is 379 g/mol. The van der Waals surface area contributed by atoms with Crippen molar-refractivity contribution in [1.82, 2.24) is 15.5 Å². The Morgan fingerprint density at radius 1 is 1.14 bits per heavy atom. The van der Waals surface area contributed by atoms with Gasteiger partial charge in [-0.3, -0.25) is 9.59 Å². The van der Waals surface area contributed by atoms with Crippen LogP contribution in [0.25, 0.3) is 22.4 Å². The van der Waals surface area contributed by atoms with Crippen LogP contribution in [0.5, 0.6) is 0 Å². The van der Waals surface area contributed by atoms with Gasteiger partial charge in [0.1, 0.15) is 17.4 Å². The maximum absolute atomic E-state index is 13.0. The third-order valence-corrected chi connectivity index (χ3v) is 4.12. The quantitative estimate of drug-likeness (QED) is 0.583. The van der Waals surface area contributed by atoms with Gasteiger partial charge in [-0.05, 0) is 43.3 Å². The number of carbonyl (C=O) groups excluding carboxylic acids is 1. The van der Waals surface area contributed by atoms with Crippen LogP contribution in [0.15, 0.2) is 68.3 Å². The minimum Gasteiger partial charge on any atom is -0.451 e. The number of fused-ring (bicyclic) bond motifs is 1. The highest BCUT2D eigenvalue weighted by atomic mass is 19.1. The first-order chi connectivity index (χ1) is 13.5. The summed E-state index contributed by atoms with van der Waals surface area (Å²) < 4.78 is 23.7. The van der Waals surface area contributed by atoms with E-state index < -0.39 is 11.9 Å². The first-order valence-corrected chi connectivity index (χ1v) is 8.44. The van der Waals surface area contributed by atoms with Crippen molar-refractivity contribution in [2.45, 2.75) is 13.0 Å². The van der Waals surface area contributed by atoms with Crippen LogP contribution in [-0.2, 0) is 0 Å². The predicted molar refractivity (Wildman–Crippen MR) is 98.1 cm³/mol. The molecule has 1 N–H and O–H groups in total. The molecule has 1 atom stereocenters. The number of hydrogen-bond acceptors (Lipinski definition) is 6. The molecular formula is C20H14FN3O4. The summed E-state index contributed by atoms with van der Waals surface area (Å²) in [5.41, 5.74) is 0.593. The van der Waals surface area contributed by atoms with E-state index in [0.717, 1.165) is 6.07 Å². The van der Waals surface area contributed by atoms with Gasteiger partial charge in [-0.1, -0.05) is 17.3 Å². The number of amides is 1. The lowest BCUT2D eigenvalue weighted by Gasteiger charge is -2.09. The number of carbonyl (C=O) groups is 1. The zero-order chi connectivity index (χ0) is 19.7.